The van der Waals surface area contributed by atoms with Gasteiger partial charge in [-0.05, 0) is 42.5 Å². The van der Waals surface area contributed by atoms with Crippen LogP contribution in [-0.4, -0.2) is 64.3 Å². The SMILES string of the molecule is O=C1CCC(N2C(=O)c3ccc(C4(O)CCN(C(CF)c5ccccc5)CC4)cc3C2=O)C(=O)N1. The van der Waals surface area contributed by atoms with Gasteiger partial charge in [0, 0.05) is 19.5 Å². The van der Waals surface area contributed by atoms with Crippen LogP contribution in [0.15, 0.2) is 48.5 Å². The Hall–Kier alpha value is -3.43. The maximum absolute atomic E-state index is 13.9. The summed E-state index contributed by atoms with van der Waals surface area (Å²) >= 11 is 0. The van der Waals surface area contributed by atoms with Gasteiger partial charge in [-0.1, -0.05) is 36.4 Å². The number of hydrogen-bond donors (Lipinski definition) is 2. The molecule has 2 aromatic carbocycles. The van der Waals surface area contributed by atoms with Crippen molar-refractivity contribution in [1.29, 1.82) is 0 Å². The number of fused-ring (bicyclic) bond motifs is 1. The lowest BCUT2D eigenvalue weighted by atomic mass is 9.82. The Morgan fingerprint density at radius 2 is 1.69 bits per heavy atom. The third kappa shape index (κ3) is 4.04. The third-order valence-corrected chi connectivity index (χ3v) is 7.37. The van der Waals surface area contributed by atoms with Crippen LogP contribution in [0.4, 0.5) is 4.39 Å². The highest BCUT2D eigenvalue weighted by atomic mass is 19.1. The number of hydrogen-bond acceptors (Lipinski definition) is 6. The van der Waals surface area contributed by atoms with E-state index in [0.29, 0.717) is 31.5 Å². The minimum atomic E-state index is -1.23. The quantitative estimate of drug-likeness (QED) is 0.636. The molecule has 0 saturated carbocycles. The summed E-state index contributed by atoms with van der Waals surface area (Å²) in [5.74, 6) is -2.28. The summed E-state index contributed by atoms with van der Waals surface area (Å²) in [6.45, 7) is 0.396. The Labute approximate surface area is 201 Å². The van der Waals surface area contributed by atoms with Gasteiger partial charge in [0.2, 0.25) is 11.8 Å². The summed E-state index contributed by atoms with van der Waals surface area (Å²) in [5.41, 5.74) is 0.480. The van der Waals surface area contributed by atoms with Crippen molar-refractivity contribution in [2.24, 2.45) is 0 Å². The van der Waals surface area contributed by atoms with Crippen molar-refractivity contribution in [3.05, 3.63) is 70.8 Å². The highest BCUT2D eigenvalue weighted by Crippen LogP contribution is 2.38. The van der Waals surface area contributed by atoms with Gasteiger partial charge >= 0.3 is 0 Å². The topological polar surface area (TPSA) is 107 Å². The van der Waals surface area contributed by atoms with E-state index >= 15 is 0 Å². The summed E-state index contributed by atoms with van der Waals surface area (Å²) in [7, 11) is 0. The molecule has 2 fully saturated rings. The molecule has 0 bridgehead atoms. The van der Waals surface area contributed by atoms with E-state index in [-0.39, 0.29) is 30.0 Å². The Morgan fingerprint density at radius 3 is 2.34 bits per heavy atom. The fourth-order valence-corrected chi connectivity index (χ4v) is 5.33. The Kier molecular flexibility index (Phi) is 5.98. The molecular formula is C26H26FN3O5. The first kappa shape index (κ1) is 23.3. The molecule has 0 aromatic heterocycles. The number of nitrogens with zero attached hydrogens (tertiary/aromatic N) is 2. The number of carbonyl (C=O) groups is 4. The monoisotopic (exact) mass is 479 g/mol. The molecule has 0 aliphatic carbocycles. The van der Waals surface area contributed by atoms with Crippen LogP contribution in [0.25, 0.3) is 0 Å². The van der Waals surface area contributed by atoms with Gasteiger partial charge in [0.15, 0.2) is 0 Å². The highest BCUT2D eigenvalue weighted by molar-refractivity contribution is 6.23. The maximum Gasteiger partial charge on any atom is 0.262 e. The number of halogens is 1. The van der Waals surface area contributed by atoms with E-state index in [0.717, 1.165) is 10.5 Å². The number of alkyl halides is 1. The van der Waals surface area contributed by atoms with Crippen LogP contribution < -0.4 is 5.32 Å². The van der Waals surface area contributed by atoms with Crippen LogP contribution in [0.2, 0.25) is 0 Å². The molecule has 8 nitrogen and oxygen atoms in total. The number of likely N-dealkylation sites (tertiary alicyclic amines) is 1. The Bertz CT molecular complexity index is 1190. The average molecular weight is 480 g/mol. The number of rotatable bonds is 5. The van der Waals surface area contributed by atoms with E-state index in [2.05, 4.69) is 5.32 Å². The first-order valence-corrected chi connectivity index (χ1v) is 11.8. The highest BCUT2D eigenvalue weighted by Gasteiger charge is 2.45. The zero-order valence-corrected chi connectivity index (χ0v) is 19.1. The normalized spacial score (nSPS) is 23.3. The second kappa shape index (κ2) is 8.98. The van der Waals surface area contributed by atoms with Crippen molar-refractivity contribution in [2.45, 2.75) is 43.4 Å². The molecule has 3 aliphatic heterocycles. The summed E-state index contributed by atoms with van der Waals surface area (Å²) in [5, 5.41) is 13.6. The fourth-order valence-electron chi connectivity index (χ4n) is 5.33. The molecule has 9 heteroatoms. The number of aliphatic hydroxyl groups is 1. The molecule has 2 atom stereocenters. The van der Waals surface area contributed by atoms with Gasteiger partial charge in [0.25, 0.3) is 11.8 Å². The molecule has 2 unspecified atom stereocenters. The summed E-state index contributed by atoms with van der Waals surface area (Å²) < 4.78 is 13.9. The number of imide groups is 2. The third-order valence-electron chi connectivity index (χ3n) is 7.37. The molecule has 3 aliphatic rings. The number of carbonyl (C=O) groups excluding carboxylic acids is 4. The van der Waals surface area contributed by atoms with Gasteiger partial charge in [-0.15, -0.1) is 0 Å². The lowest BCUT2D eigenvalue weighted by Crippen LogP contribution is -2.54. The van der Waals surface area contributed by atoms with E-state index in [1.807, 2.05) is 35.2 Å². The number of amides is 4. The van der Waals surface area contributed by atoms with Crippen molar-refractivity contribution in [2.75, 3.05) is 19.8 Å². The summed E-state index contributed by atoms with van der Waals surface area (Å²) in [4.78, 5) is 52.7. The molecule has 4 amide bonds. The molecule has 2 aromatic rings. The van der Waals surface area contributed by atoms with Crippen LogP contribution in [0, 0.1) is 0 Å². The van der Waals surface area contributed by atoms with Crippen molar-refractivity contribution >= 4 is 23.6 Å². The first-order valence-electron chi connectivity index (χ1n) is 11.8. The van der Waals surface area contributed by atoms with Gasteiger partial charge in [-0.25, -0.2) is 4.39 Å². The number of nitrogens with one attached hydrogen (secondary N) is 1. The van der Waals surface area contributed by atoms with Crippen molar-refractivity contribution < 1.29 is 28.7 Å². The van der Waals surface area contributed by atoms with E-state index in [1.165, 1.54) is 12.1 Å². The van der Waals surface area contributed by atoms with Gasteiger partial charge in [0.1, 0.15) is 12.7 Å². The molecule has 0 radical (unpaired) electrons. The van der Waals surface area contributed by atoms with Crippen molar-refractivity contribution in [3.63, 3.8) is 0 Å². The van der Waals surface area contributed by atoms with E-state index in [4.69, 9.17) is 0 Å². The summed E-state index contributed by atoms with van der Waals surface area (Å²) in [6.07, 6.45) is 0.816. The molecule has 2 N–H and O–H groups in total. The van der Waals surface area contributed by atoms with Crippen LogP contribution in [0.5, 0.6) is 0 Å². The number of piperidine rings is 2. The second-order valence-corrected chi connectivity index (χ2v) is 9.36. The lowest BCUT2D eigenvalue weighted by Gasteiger charge is -2.41. The molecular weight excluding hydrogens is 453 g/mol. The molecule has 35 heavy (non-hydrogen) atoms. The van der Waals surface area contributed by atoms with Crippen molar-refractivity contribution in [1.82, 2.24) is 15.1 Å². The average Bonchev–Trinajstić information content (AvgIpc) is 3.11. The first-order chi connectivity index (χ1) is 16.8. The van der Waals surface area contributed by atoms with Gasteiger partial charge in [-0.3, -0.25) is 34.3 Å². The predicted octanol–water partition coefficient (Wildman–Crippen LogP) is 2.08. The molecule has 0 spiro atoms. The Balaban J connectivity index is 1.34. The number of benzene rings is 2. The van der Waals surface area contributed by atoms with E-state index < -0.39 is 41.9 Å². The van der Waals surface area contributed by atoms with Crippen LogP contribution in [0.1, 0.15) is 63.6 Å². The maximum atomic E-state index is 13.9. The van der Waals surface area contributed by atoms with Gasteiger partial charge in [-0.2, -0.15) is 0 Å². The minimum Gasteiger partial charge on any atom is -0.385 e. The van der Waals surface area contributed by atoms with Crippen LogP contribution >= 0.6 is 0 Å². The van der Waals surface area contributed by atoms with Crippen molar-refractivity contribution in [3.8, 4) is 0 Å². The zero-order valence-electron chi connectivity index (χ0n) is 19.1. The van der Waals surface area contributed by atoms with Crippen LogP contribution in [-0.2, 0) is 15.2 Å². The Morgan fingerprint density at radius 1 is 1.00 bits per heavy atom. The molecule has 2 saturated heterocycles. The fraction of sp³-hybridized carbons (Fsp3) is 0.385. The molecule has 3 heterocycles. The zero-order chi connectivity index (χ0) is 24.7. The minimum absolute atomic E-state index is 0.0498. The lowest BCUT2D eigenvalue weighted by molar-refractivity contribution is -0.136. The summed E-state index contributed by atoms with van der Waals surface area (Å²) in [6, 6.07) is 12.7. The molecule has 182 valence electrons. The van der Waals surface area contributed by atoms with E-state index in [9.17, 15) is 28.7 Å². The predicted molar refractivity (Wildman–Crippen MR) is 123 cm³/mol. The van der Waals surface area contributed by atoms with E-state index in [1.54, 1.807) is 6.07 Å². The molecule has 5 rings (SSSR count). The smallest absolute Gasteiger partial charge is 0.262 e. The standard InChI is InChI=1S/C26H26FN3O5/c27-15-21(16-4-2-1-3-5-16)29-12-10-26(35,11-13-29)17-6-7-18-19(14-17)25(34)30(24(18)33)20-8-9-22(31)28-23(20)32/h1-7,14,20-21,35H,8-13,15H2,(H,28,31,32). The van der Waals surface area contributed by atoms with Gasteiger partial charge in [0.05, 0.1) is 22.8 Å². The van der Waals surface area contributed by atoms with Crippen LogP contribution in [0.3, 0.4) is 0 Å². The van der Waals surface area contributed by atoms with Gasteiger partial charge < -0.3 is 5.11 Å². The largest absolute Gasteiger partial charge is 0.385 e. The second-order valence-electron chi connectivity index (χ2n) is 9.36.